The third kappa shape index (κ3) is 4.83. The Kier molecular flexibility index (Phi) is 5.65. The maximum absolute atomic E-state index is 13.2. The molecule has 0 saturated heterocycles. The van der Waals surface area contributed by atoms with E-state index >= 15 is 0 Å². The number of sulfonamides is 1. The van der Waals surface area contributed by atoms with Crippen LogP contribution in [0.4, 0.5) is 13.2 Å². The lowest BCUT2D eigenvalue weighted by atomic mass is 10.1. The summed E-state index contributed by atoms with van der Waals surface area (Å²) in [6.45, 7) is 2.30. The second-order valence-electron chi connectivity index (χ2n) is 7.76. The number of hydrogen-bond donors (Lipinski definition) is 0. The van der Waals surface area contributed by atoms with E-state index in [1.165, 1.54) is 16.4 Å². The molecule has 0 amide bonds. The van der Waals surface area contributed by atoms with Crippen molar-refractivity contribution in [2.75, 3.05) is 0 Å². The first-order chi connectivity index (χ1) is 14.6. The van der Waals surface area contributed by atoms with Gasteiger partial charge in [-0.2, -0.15) is 17.5 Å². The number of aromatic nitrogens is 2. The molecule has 0 unspecified atom stereocenters. The third-order valence-electron chi connectivity index (χ3n) is 5.31. The van der Waals surface area contributed by atoms with Crippen LogP contribution in [0.3, 0.4) is 0 Å². The molecule has 164 valence electrons. The van der Waals surface area contributed by atoms with E-state index in [0.29, 0.717) is 17.9 Å². The molecule has 2 aromatic carbocycles. The van der Waals surface area contributed by atoms with Crippen molar-refractivity contribution in [3.8, 4) is 0 Å². The van der Waals surface area contributed by atoms with Crippen LogP contribution in [0.5, 0.6) is 0 Å². The molecule has 0 N–H and O–H groups in total. The molecule has 1 aliphatic rings. The fraction of sp³-hybridized carbons (Fsp3) is 0.318. The summed E-state index contributed by atoms with van der Waals surface area (Å²) in [5.74, 6) is 0.544. The standard InChI is InChI=1S/C22H22F3N3O2S/c1-16-2-10-20(11-3-16)31(29,30)28(19-8-9-19)15-21-26-12-13-27(21)14-17-4-6-18(7-5-17)22(23,24)25/h2-7,10-13,19H,8-9,14-15H2,1H3. The Bertz CT molecular complexity index is 1150. The van der Waals surface area contributed by atoms with Crippen molar-refractivity contribution in [3.63, 3.8) is 0 Å². The quantitative estimate of drug-likeness (QED) is 0.529. The minimum Gasteiger partial charge on any atom is -0.329 e. The van der Waals surface area contributed by atoms with Gasteiger partial charge >= 0.3 is 6.18 Å². The maximum Gasteiger partial charge on any atom is 0.416 e. The number of hydrogen-bond acceptors (Lipinski definition) is 3. The van der Waals surface area contributed by atoms with Gasteiger partial charge in [0.25, 0.3) is 0 Å². The predicted octanol–water partition coefficient (Wildman–Crippen LogP) is 4.61. The van der Waals surface area contributed by atoms with Gasteiger partial charge in [-0.3, -0.25) is 0 Å². The Morgan fingerprint density at radius 2 is 1.71 bits per heavy atom. The normalized spacial score (nSPS) is 14.9. The Labute approximate surface area is 179 Å². The van der Waals surface area contributed by atoms with E-state index in [9.17, 15) is 21.6 Å². The summed E-state index contributed by atoms with van der Waals surface area (Å²) in [6.07, 6.45) is 0.489. The first-order valence-electron chi connectivity index (χ1n) is 9.89. The van der Waals surface area contributed by atoms with E-state index in [0.717, 1.165) is 30.5 Å². The van der Waals surface area contributed by atoms with Gasteiger partial charge in [-0.1, -0.05) is 29.8 Å². The van der Waals surface area contributed by atoms with Gasteiger partial charge in [0, 0.05) is 25.0 Å². The molecule has 1 heterocycles. The van der Waals surface area contributed by atoms with E-state index < -0.39 is 21.8 Å². The van der Waals surface area contributed by atoms with E-state index in [1.54, 1.807) is 41.2 Å². The molecule has 5 nitrogen and oxygen atoms in total. The Balaban J connectivity index is 1.55. The molecule has 1 fully saturated rings. The first kappa shape index (κ1) is 21.6. The SMILES string of the molecule is Cc1ccc(S(=O)(=O)N(Cc2nccn2Cc2ccc(C(F)(F)F)cc2)C2CC2)cc1. The molecule has 0 aliphatic heterocycles. The van der Waals surface area contributed by atoms with Crippen LogP contribution in [0.25, 0.3) is 0 Å². The van der Waals surface area contributed by atoms with Gasteiger partial charge in [0.2, 0.25) is 10.0 Å². The number of nitrogens with zero attached hydrogens (tertiary/aromatic N) is 3. The van der Waals surface area contributed by atoms with E-state index in [4.69, 9.17) is 0 Å². The third-order valence-corrected chi connectivity index (χ3v) is 7.23. The molecule has 1 saturated carbocycles. The molecule has 1 aromatic heterocycles. The van der Waals surface area contributed by atoms with Crippen molar-refractivity contribution in [2.24, 2.45) is 0 Å². The Hall–Kier alpha value is -2.65. The Morgan fingerprint density at radius 3 is 2.29 bits per heavy atom. The van der Waals surface area contributed by atoms with Gasteiger partial charge in [0.15, 0.2) is 0 Å². The molecular weight excluding hydrogens is 427 g/mol. The lowest BCUT2D eigenvalue weighted by Gasteiger charge is -2.22. The van der Waals surface area contributed by atoms with Crippen LogP contribution in [0.1, 0.15) is 35.4 Å². The zero-order chi connectivity index (χ0) is 22.2. The second kappa shape index (κ2) is 8.12. The number of imidazole rings is 1. The van der Waals surface area contributed by atoms with Crippen molar-refractivity contribution < 1.29 is 21.6 Å². The van der Waals surface area contributed by atoms with Crippen LogP contribution in [-0.2, 0) is 29.3 Å². The summed E-state index contributed by atoms with van der Waals surface area (Å²) in [5, 5.41) is 0. The number of aryl methyl sites for hydroxylation is 1. The van der Waals surface area contributed by atoms with Crippen LogP contribution < -0.4 is 0 Å². The fourth-order valence-electron chi connectivity index (χ4n) is 3.39. The van der Waals surface area contributed by atoms with Crippen LogP contribution in [0.2, 0.25) is 0 Å². The van der Waals surface area contributed by atoms with Crippen molar-refractivity contribution in [2.45, 2.75) is 50.0 Å². The lowest BCUT2D eigenvalue weighted by molar-refractivity contribution is -0.137. The first-order valence-corrected chi connectivity index (χ1v) is 11.3. The minimum absolute atomic E-state index is 0.0671. The topological polar surface area (TPSA) is 55.2 Å². The summed E-state index contributed by atoms with van der Waals surface area (Å²) in [5.41, 5.74) is 0.946. The minimum atomic E-state index is -4.38. The van der Waals surface area contributed by atoms with E-state index in [-0.39, 0.29) is 17.5 Å². The zero-order valence-electron chi connectivity index (χ0n) is 16.9. The average molecular weight is 449 g/mol. The maximum atomic E-state index is 13.2. The predicted molar refractivity (Wildman–Crippen MR) is 110 cm³/mol. The van der Waals surface area contributed by atoms with Crippen molar-refractivity contribution in [1.82, 2.24) is 13.9 Å². The molecule has 0 radical (unpaired) electrons. The summed E-state index contributed by atoms with van der Waals surface area (Å²) in [6, 6.07) is 11.6. The van der Waals surface area contributed by atoms with Gasteiger partial charge < -0.3 is 4.57 Å². The molecule has 31 heavy (non-hydrogen) atoms. The molecule has 0 atom stereocenters. The van der Waals surface area contributed by atoms with Crippen LogP contribution in [0, 0.1) is 6.92 Å². The number of rotatable bonds is 7. The van der Waals surface area contributed by atoms with Crippen molar-refractivity contribution in [1.29, 1.82) is 0 Å². The highest BCUT2D eigenvalue weighted by Gasteiger charge is 2.38. The van der Waals surface area contributed by atoms with Crippen LogP contribution in [-0.4, -0.2) is 28.3 Å². The van der Waals surface area contributed by atoms with Gasteiger partial charge in [0.05, 0.1) is 17.0 Å². The fourth-order valence-corrected chi connectivity index (χ4v) is 5.03. The smallest absolute Gasteiger partial charge is 0.329 e. The van der Waals surface area contributed by atoms with Crippen molar-refractivity contribution in [3.05, 3.63) is 83.4 Å². The lowest BCUT2D eigenvalue weighted by Crippen LogP contribution is -2.33. The average Bonchev–Trinajstić information content (AvgIpc) is 3.46. The zero-order valence-corrected chi connectivity index (χ0v) is 17.7. The molecule has 0 spiro atoms. The number of halogens is 3. The van der Waals surface area contributed by atoms with E-state index in [1.807, 2.05) is 6.92 Å². The number of benzene rings is 2. The van der Waals surface area contributed by atoms with Gasteiger partial charge in [-0.25, -0.2) is 13.4 Å². The van der Waals surface area contributed by atoms with Crippen LogP contribution in [0.15, 0.2) is 65.8 Å². The molecular formula is C22H22F3N3O2S. The highest BCUT2D eigenvalue weighted by molar-refractivity contribution is 7.89. The summed E-state index contributed by atoms with van der Waals surface area (Å²) in [4.78, 5) is 4.56. The van der Waals surface area contributed by atoms with Crippen LogP contribution >= 0.6 is 0 Å². The molecule has 4 rings (SSSR count). The summed E-state index contributed by atoms with van der Waals surface area (Å²) < 4.78 is 68.1. The summed E-state index contributed by atoms with van der Waals surface area (Å²) in [7, 11) is -3.69. The molecule has 9 heteroatoms. The van der Waals surface area contributed by atoms with Gasteiger partial charge in [-0.05, 0) is 49.6 Å². The Morgan fingerprint density at radius 1 is 1.06 bits per heavy atom. The molecule has 1 aliphatic carbocycles. The highest BCUT2D eigenvalue weighted by atomic mass is 32.2. The monoisotopic (exact) mass is 449 g/mol. The number of alkyl halides is 3. The van der Waals surface area contributed by atoms with Gasteiger partial charge in [-0.15, -0.1) is 0 Å². The van der Waals surface area contributed by atoms with Crippen molar-refractivity contribution >= 4 is 10.0 Å². The van der Waals surface area contributed by atoms with E-state index in [2.05, 4.69) is 4.98 Å². The second-order valence-corrected chi connectivity index (χ2v) is 9.65. The highest BCUT2D eigenvalue weighted by Crippen LogP contribution is 2.33. The molecule has 3 aromatic rings. The van der Waals surface area contributed by atoms with Gasteiger partial charge in [0.1, 0.15) is 5.82 Å². The molecule has 0 bridgehead atoms. The summed E-state index contributed by atoms with van der Waals surface area (Å²) >= 11 is 0. The largest absolute Gasteiger partial charge is 0.416 e.